The van der Waals surface area contributed by atoms with Gasteiger partial charge in [-0.2, -0.15) is 5.26 Å². The molecule has 0 aromatic heterocycles. The molecule has 0 aromatic carbocycles. The second-order valence-corrected chi connectivity index (χ2v) is 3.91. The highest BCUT2D eigenvalue weighted by atomic mass is 16.5. The molecule has 1 atom stereocenters. The van der Waals surface area contributed by atoms with Crippen LogP contribution in [0.1, 0.15) is 26.2 Å². The standard InChI is InChI=1S/C10H17NO2/c1-9(7-12-2)13-8-10(3-4-10)5-6-11/h9H,3-5,7-8H2,1-2H3. The molecule has 1 rings (SSSR count). The van der Waals surface area contributed by atoms with Crippen molar-refractivity contribution in [3.05, 3.63) is 0 Å². The Bertz CT molecular complexity index is 194. The van der Waals surface area contributed by atoms with Crippen LogP contribution in [0.15, 0.2) is 0 Å². The highest BCUT2D eigenvalue weighted by Crippen LogP contribution is 2.48. The molecule has 0 spiro atoms. The molecule has 0 amide bonds. The first-order valence-corrected chi connectivity index (χ1v) is 4.70. The molecule has 3 nitrogen and oxygen atoms in total. The van der Waals surface area contributed by atoms with Crippen molar-refractivity contribution in [1.82, 2.24) is 0 Å². The quantitative estimate of drug-likeness (QED) is 0.629. The van der Waals surface area contributed by atoms with E-state index in [0.717, 1.165) is 12.8 Å². The van der Waals surface area contributed by atoms with Crippen LogP contribution in [0.3, 0.4) is 0 Å². The Morgan fingerprint density at radius 2 is 2.23 bits per heavy atom. The Morgan fingerprint density at radius 3 is 2.69 bits per heavy atom. The van der Waals surface area contributed by atoms with Gasteiger partial charge in [0, 0.05) is 18.9 Å². The fourth-order valence-corrected chi connectivity index (χ4v) is 1.32. The Morgan fingerprint density at radius 1 is 1.54 bits per heavy atom. The van der Waals surface area contributed by atoms with Gasteiger partial charge in [-0.3, -0.25) is 0 Å². The summed E-state index contributed by atoms with van der Waals surface area (Å²) in [6.45, 7) is 3.33. The number of nitrogens with zero attached hydrogens (tertiary/aromatic N) is 1. The molecule has 74 valence electrons. The first kappa shape index (κ1) is 10.5. The van der Waals surface area contributed by atoms with Gasteiger partial charge in [-0.05, 0) is 19.8 Å². The van der Waals surface area contributed by atoms with Crippen LogP contribution in [0.5, 0.6) is 0 Å². The van der Waals surface area contributed by atoms with E-state index in [1.54, 1.807) is 7.11 Å². The summed E-state index contributed by atoms with van der Waals surface area (Å²) in [5, 5.41) is 8.58. The fourth-order valence-electron chi connectivity index (χ4n) is 1.32. The van der Waals surface area contributed by atoms with Crippen molar-refractivity contribution in [2.75, 3.05) is 20.3 Å². The predicted octanol–water partition coefficient (Wildman–Crippen LogP) is 1.73. The molecule has 1 unspecified atom stereocenters. The van der Waals surface area contributed by atoms with E-state index in [-0.39, 0.29) is 11.5 Å². The van der Waals surface area contributed by atoms with Gasteiger partial charge < -0.3 is 9.47 Å². The van der Waals surface area contributed by atoms with E-state index >= 15 is 0 Å². The second-order valence-electron chi connectivity index (χ2n) is 3.91. The van der Waals surface area contributed by atoms with Crippen molar-refractivity contribution < 1.29 is 9.47 Å². The first-order valence-electron chi connectivity index (χ1n) is 4.70. The number of hydrogen-bond donors (Lipinski definition) is 0. The molecule has 0 heterocycles. The van der Waals surface area contributed by atoms with E-state index in [1.165, 1.54) is 0 Å². The second kappa shape index (κ2) is 4.59. The van der Waals surface area contributed by atoms with Gasteiger partial charge in [-0.15, -0.1) is 0 Å². The number of nitriles is 1. The molecular formula is C10H17NO2. The van der Waals surface area contributed by atoms with E-state index in [0.29, 0.717) is 19.6 Å². The number of methoxy groups -OCH3 is 1. The lowest BCUT2D eigenvalue weighted by Crippen LogP contribution is -2.20. The lowest BCUT2D eigenvalue weighted by molar-refractivity contribution is -0.0108. The molecule has 1 fully saturated rings. The molecule has 0 saturated heterocycles. The summed E-state index contributed by atoms with van der Waals surface area (Å²) in [5.74, 6) is 0. The van der Waals surface area contributed by atoms with Crippen LogP contribution < -0.4 is 0 Å². The normalized spacial score (nSPS) is 20.7. The van der Waals surface area contributed by atoms with Crippen LogP contribution in [0.25, 0.3) is 0 Å². The molecule has 0 N–H and O–H groups in total. The van der Waals surface area contributed by atoms with Crippen molar-refractivity contribution in [3.63, 3.8) is 0 Å². The maximum Gasteiger partial charge on any atom is 0.0780 e. The Balaban J connectivity index is 2.15. The van der Waals surface area contributed by atoms with Crippen LogP contribution >= 0.6 is 0 Å². The highest BCUT2D eigenvalue weighted by molar-refractivity contribution is 4.99. The van der Waals surface area contributed by atoms with E-state index in [9.17, 15) is 0 Å². The van der Waals surface area contributed by atoms with Gasteiger partial charge >= 0.3 is 0 Å². The van der Waals surface area contributed by atoms with Gasteiger partial charge in [-0.1, -0.05) is 0 Å². The molecule has 1 saturated carbocycles. The lowest BCUT2D eigenvalue weighted by Gasteiger charge is -2.16. The number of ether oxygens (including phenoxy) is 2. The molecular weight excluding hydrogens is 166 g/mol. The molecule has 0 aliphatic heterocycles. The minimum atomic E-state index is 0.140. The van der Waals surface area contributed by atoms with Gasteiger partial charge in [-0.25, -0.2) is 0 Å². The molecule has 3 heteroatoms. The van der Waals surface area contributed by atoms with Gasteiger partial charge in [0.05, 0.1) is 25.4 Å². The van der Waals surface area contributed by atoms with Crippen LogP contribution in [0.2, 0.25) is 0 Å². The van der Waals surface area contributed by atoms with E-state index in [1.807, 2.05) is 6.92 Å². The van der Waals surface area contributed by atoms with Crippen molar-refractivity contribution >= 4 is 0 Å². The minimum Gasteiger partial charge on any atom is -0.382 e. The van der Waals surface area contributed by atoms with Gasteiger partial charge in [0.2, 0.25) is 0 Å². The Hall–Kier alpha value is -0.590. The van der Waals surface area contributed by atoms with Crippen molar-refractivity contribution in [3.8, 4) is 6.07 Å². The molecule has 0 radical (unpaired) electrons. The van der Waals surface area contributed by atoms with Crippen LogP contribution in [0.4, 0.5) is 0 Å². The van der Waals surface area contributed by atoms with E-state index < -0.39 is 0 Å². The fraction of sp³-hybridized carbons (Fsp3) is 0.900. The zero-order chi connectivity index (χ0) is 9.73. The van der Waals surface area contributed by atoms with Crippen molar-refractivity contribution in [1.29, 1.82) is 5.26 Å². The third-order valence-corrected chi connectivity index (χ3v) is 2.49. The molecule has 0 aromatic rings. The maximum atomic E-state index is 8.58. The molecule has 1 aliphatic rings. The average molecular weight is 183 g/mol. The van der Waals surface area contributed by atoms with Gasteiger partial charge in [0.1, 0.15) is 0 Å². The summed E-state index contributed by atoms with van der Waals surface area (Å²) in [7, 11) is 1.67. The minimum absolute atomic E-state index is 0.140. The summed E-state index contributed by atoms with van der Waals surface area (Å²) < 4.78 is 10.5. The lowest BCUT2D eigenvalue weighted by atomic mass is 10.1. The van der Waals surface area contributed by atoms with Crippen LogP contribution in [0, 0.1) is 16.7 Å². The van der Waals surface area contributed by atoms with Crippen molar-refractivity contribution in [2.45, 2.75) is 32.3 Å². The monoisotopic (exact) mass is 183 g/mol. The van der Waals surface area contributed by atoms with Crippen molar-refractivity contribution in [2.24, 2.45) is 5.41 Å². The van der Waals surface area contributed by atoms with Gasteiger partial charge in [0.15, 0.2) is 0 Å². The number of rotatable bonds is 6. The molecule has 1 aliphatic carbocycles. The Kier molecular flexibility index (Phi) is 3.71. The maximum absolute atomic E-state index is 8.58. The van der Waals surface area contributed by atoms with Crippen LogP contribution in [-0.4, -0.2) is 26.4 Å². The molecule has 13 heavy (non-hydrogen) atoms. The van der Waals surface area contributed by atoms with Crippen LogP contribution in [-0.2, 0) is 9.47 Å². The third-order valence-electron chi connectivity index (χ3n) is 2.49. The number of hydrogen-bond acceptors (Lipinski definition) is 3. The zero-order valence-corrected chi connectivity index (χ0v) is 8.38. The van der Waals surface area contributed by atoms with E-state index in [4.69, 9.17) is 14.7 Å². The summed E-state index contributed by atoms with van der Waals surface area (Å²) >= 11 is 0. The largest absolute Gasteiger partial charge is 0.382 e. The highest BCUT2D eigenvalue weighted by Gasteiger charge is 2.42. The summed E-state index contributed by atoms with van der Waals surface area (Å²) in [6, 6.07) is 2.21. The summed E-state index contributed by atoms with van der Waals surface area (Å²) in [6.07, 6.45) is 3.05. The average Bonchev–Trinajstić information content (AvgIpc) is 2.84. The zero-order valence-electron chi connectivity index (χ0n) is 8.38. The topological polar surface area (TPSA) is 42.2 Å². The SMILES string of the molecule is COCC(C)OCC1(CC#N)CC1. The van der Waals surface area contributed by atoms with Gasteiger partial charge in [0.25, 0.3) is 0 Å². The van der Waals surface area contributed by atoms with E-state index in [2.05, 4.69) is 6.07 Å². The Labute approximate surface area is 79.6 Å². The summed E-state index contributed by atoms with van der Waals surface area (Å²) in [5.41, 5.74) is 0.191. The smallest absolute Gasteiger partial charge is 0.0780 e. The molecule has 0 bridgehead atoms. The third kappa shape index (κ3) is 3.33. The summed E-state index contributed by atoms with van der Waals surface area (Å²) in [4.78, 5) is 0. The first-order chi connectivity index (χ1) is 6.22. The predicted molar refractivity (Wildman–Crippen MR) is 49.2 cm³/mol.